The zero-order chi connectivity index (χ0) is 12.8. The summed E-state index contributed by atoms with van der Waals surface area (Å²) in [5, 5.41) is 2.41. The summed E-state index contributed by atoms with van der Waals surface area (Å²) in [5.41, 5.74) is -1.65. The van der Waals surface area contributed by atoms with Crippen molar-refractivity contribution < 1.29 is 21.4 Å². The van der Waals surface area contributed by atoms with Gasteiger partial charge in [-0.2, -0.15) is 12.7 Å². The van der Waals surface area contributed by atoms with Crippen LogP contribution >= 0.6 is 0 Å². The van der Waals surface area contributed by atoms with Crippen molar-refractivity contribution in [1.29, 1.82) is 0 Å². The van der Waals surface area contributed by atoms with Gasteiger partial charge in [0, 0.05) is 19.4 Å². The number of rotatable bonds is 1. The molecule has 8 nitrogen and oxygen atoms in total. The number of hydrogen-bond donors (Lipinski definition) is 2. The van der Waals surface area contributed by atoms with Crippen LogP contribution in [0.15, 0.2) is 23.4 Å². The first-order valence-corrected chi connectivity index (χ1v) is 7.34. The third-order valence-corrected chi connectivity index (χ3v) is 5.31. The summed E-state index contributed by atoms with van der Waals surface area (Å²) < 4.78 is 55.5. The van der Waals surface area contributed by atoms with Crippen LogP contribution in [0.4, 0.5) is 5.69 Å². The lowest BCUT2D eigenvalue weighted by Crippen LogP contribution is -2.50. The number of hydrogen-bond acceptors (Lipinski definition) is 6. The van der Waals surface area contributed by atoms with Crippen LogP contribution in [0.5, 0.6) is 0 Å². The third-order valence-electron chi connectivity index (χ3n) is 2.33. The van der Waals surface area contributed by atoms with Gasteiger partial charge in [0.1, 0.15) is 4.90 Å². The van der Waals surface area contributed by atoms with Crippen molar-refractivity contribution in [3.05, 3.63) is 18.5 Å². The normalized spacial score (nSPS) is 23.8. The van der Waals surface area contributed by atoms with Crippen LogP contribution in [-0.4, -0.2) is 43.2 Å². The Morgan fingerprint density at radius 2 is 2.18 bits per heavy atom. The van der Waals surface area contributed by atoms with E-state index in [9.17, 15) is 16.8 Å². The lowest BCUT2D eigenvalue weighted by atomic mass is 10.4. The van der Waals surface area contributed by atoms with Crippen LogP contribution in [0.1, 0.15) is 0 Å². The van der Waals surface area contributed by atoms with Crippen LogP contribution < -0.4 is 5.32 Å². The minimum atomic E-state index is -4.57. The van der Waals surface area contributed by atoms with Gasteiger partial charge < -0.3 is 5.32 Å². The van der Waals surface area contributed by atoms with E-state index in [0.717, 1.165) is 13.2 Å². The van der Waals surface area contributed by atoms with E-state index in [2.05, 4.69) is 10.3 Å². The Morgan fingerprint density at radius 3 is 2.76 bits per heavy atom. The summed E-state index contributed by atoms with van der Waals surface area (Å²) in [6.45, 7) is 0. The van der Waals surface area contributed by atoms with Crippen LogP contribution in [0.3, 0.4) is 0 Å². The molecular weight excluding hydrogens is 270 g/mol. The minimum Gasteiger partial charge on any atom is -0.353 e. The lowest BCUT2D eigenvalue weighted by Gasteiger charge is -2.31. The van der Waals surface area contributed by atoms with Gasteiger partial charge in [0.15, 0.2) is 0 Å². The van der Waals surface area contributed by atoms with Gasteiger partial charge in [0.25, 0.3) is 0 Å². The van der Waals surface area contributed by atoms with Gasteiger partial charge in [0.05, 0.1) is 5.69 Å². The fourth-order valence-electron chi connectivity index (χ4n) is 1.47. The van der Waals surface area contributed by atoms with Crippen LogP contribution in [0.25, 0.3) is 0 Å². The highest BCUT2D eigenvalue weighted by molar-refractivity contribution is 7.91. The van der Waals surface area contributed by atoms with Gasteiger partial charge in [-0.25, -0.2) is 8.42 Å². The van der Waals surface area contributed by atoms with Crippen molar-refractivity contribution in [2.45, 2.75) is 10.4 Å². The molecule has 0 amide bonds. The van der Waals surface area contributed by atoms with Crippen molar-refractivity contribution in [2.24, 2.45) is 0 Å². The summed E-state index contributed by atoms with van der Waals surface area (Å²) in [7, 11) is -7.51. The predicted octanol–water partition coefficient (Wildman–Crippen LogP) is -0.701. The van der Waals surface area contributed by atoms with E-state index < -0.39 is 25.6 Å². The molecule has 0 fully saturated rings. The largest absolute Gasteiger partial charge is 0.353 e. The fourth-order valence-corrected chi connectivity index (χ4v) is 4.00. The van der Waals surface area contributed by atoms with E-state index in [-0.39, 0.29) is 10.6 Å². The lowest BCUT2D eigenvalue weighted by molar-refractivity contribution is 0.401. The SMILES string of the molecule is CN1C(S(=O)(=O)O)Nc2ccncc2S1(=O)=O. The van der Waals surface area contributed by atoms with Crippen molar-refractivity contribution in [3.63, 3.8) is 0 Å². The molecule has 10 heteroatoms. The molecule has 2 rings (SSSR count). The van der Waals surface area contributed by atoms with Gasteiger partial charge in [-0.3, -0.25) is 9.54 Å². The maximum Gasteiger partial charge on any atom is 0.301 e. The van der Waals surface area contributed by atoms with Crippen LogP contribution in [0, 0.1) is 0 Å². The van der Waals surface area contributed by atoms with Gasteiger partial charge >= 0.3 is 10.1 Å². The Bertz CT molecular complexity index is 654. The summed E-state index contributed by atoms with van der Waals surface area (Å²) in [6.07, 6.45) is 2.42. The number of aromatic nitrogens is 1. The summed E-state index contributed by atoms with van der Waals surface area (Å²) >= 11 is 0. The topological polar surface area (TPSA) is 117 Å². The Labute approximate surface area is 98.1 Å². The molecule has 1 aliphatic rings. The molecule has 0 radical (unpaired) electrons. The molecular formula is C7H9N3O5S2. The Kier molecular flexibility index (Phi) is 2.61. The fraction of sp³-hybridized carbons (Fsp3) is 0.286. The molecule has 1 unspecified atom stereocenters. The molecule has 0 aromatic carbocycles. The van der Waals surface area contributed by atoms with Gasteiger partial charge in [-0.1, -0.05) is 0 Å². The van der Waals surface area contributed by atoms with E-state index in [1.165, 1.54) is 12.3 Å². The molecule has 0 aliphatic carbocycles. The molecule has 1 aliphatic heterocycles. The molecule has 0 saturated heterocycles. The summed E-state index contributed by atoms with van der Waals surface area (Å²) in [6, 6.07) is 1.32. The Hall–Kier alpha value is -1.23. The highest BCUT2D eigenvalue weighted by atomic mass is 32.2. The second kappa shape index (κ2) is 3.63. The first kappa shape index (κ1) is 12.2. The third kappa shape index (κ3) is 1.88. The summed E-state index contributed by atoms with van der Waals surface area (Å²) in [4.78, 5) is 3.52. The monoisotopic (exact) mass is 279 g/mol. The standard InChI is InChI=1S/C7H9N3O5S2/c1-10-7(17(13,14)15)9-5-2-3-8-4-6(5)16(10,11)12/h2-4,7,9H,1H3,(H,13,14,15). The highest BCUT2D eigenvalue weighted by Gasteiger charge is 2.41. The number of nitrogens with one attached hydrogen (secondary N) is 1. The first-order valence-electron chi connectivity index (χ1n) is 4.39. The molecule has 1 atom stereocenters. The molecule has 0 bridgehead atoms. The van der Waals surface area contributed by atoms with E-state index in [0.29, 0.717) is 4.31 Å². The number of nitrogens with zero attached hydrogens (tertiary/aromatic N) is 2. The predicted molar refractivity (Wildman–Crippen MR) is 58.1 cm³/mol. The number of sulfonamides is 1. The molecule has 2 N–H and O–H groups in total. The highest BCUT2D eigenvalue weighted by Crippen LogP contribution is 2.30. The molecule has 0 saturated carbocycles. The van der Waals surface area contributed by atoms with Gasteiger partial charge in [-0.05, 0) is 6.07 Å². The number of pyridine rings is 1. The molecule has 17 heavy (non-hydrogen) atoms. The minimum absolute atomic E-state index is 0.0840. The van der Waals surface area contributed by atoms with Crippen molar-refractivity contribution in [3.8, 4) is 0 Å². The van der Waals surface area contributed by atoms with Crippen molar-refractivity contribution in [1.82, 2.24) is 9.29 Å². The van der Waals surface area contributed by atoms with E-state index in [1.807, 2.05) is 0 Å². The molecule has 94 valence electrons. The van der Waals surface area contributed by atoms with Crippen molar-refractivity contribution >= 4 is 25.8 Å². The van der Waals surface area contributed by atoms with Crippen molar-refractivity contribution in [2.75, 3.05) is 12.4 Å². The second-order valence-electron chi connectivity index (χ2n) is 3.40. The van der Waals surface area contributed by atoms with E-state index in [1.54, 1.807) is 0 Å². The first-order chi connectivity index (χ1) is 7.74. The quantitative estimate of drug-likeness (QED) is 0.653. The molecule has 1 aromatic rings. The zero-order valence-electron chi connectivity index (χ0n) is 8.60. The molecule has 1 aromatic heterocycles. The van der Waals surface area contributed by atoms with Gasteiger partial charge in [0.2, 0.25) is 15.5 Å². The Morgan fingerprint density at radius 1 is 1.53 bits per heavy atom. The number of anilines is 1. The maximum absolute atomic E-state index is 11.9. The van der Waals surface area contributed by atoms with E-state index >= 15 is 0 Å². The smallest absolute Gasteiger partial charge is 0.301 e. The van der Waals surface area contributed by atoms with E-state index in [4.69, 9.17) is 4.55 Å². The van der Waals surface area contributed by atoms with Gasteiger partial charge in [-0.15, -0.1) is 0 Å². The number of fused-ring (bicyclic) bond motifs is 1. The van der Waals surface area contributed by atoms with Crippen LogP contribution in [0.2, 0.25) is 0 Å². The second-order valence-corrected chi connectivity index (χ2v) is 6.85. The molecule has 0 spiro atoms. The average Bonchev–Trinajstić information content (AvgIpc) is 2.22. The maximum atomic E-state index is 11.9. The average molecular weight is 279 g/mol. The summed E-state index contributed by atoms with van der Waals surface area (Å²) in [5.74, 6) is 0. The molecule has 2 heterocycles. The van der Waals surface area contributed by atoms with Crippen LogP contribution in [-0.2, 0) is 20.1 Å². The Balaban J connectivity index is 2.67. The zero-order valence-corrected chi connectivity index (χ0v) is 10.2.